The molecule has 8 nitrogen and oxygen atoms in total. The molecule has 12 heteroatoms. The standard InChI is InChI=1S/C34H33F4N3O5/c1-45-13-11-41(12-14-46-2)34(44)40-26-7-5-23(6-8-26)33(43)39-27-19-24(15-21-3-9-28(35)30(37)17-21)32(42)25(20-27)16-22-4-10-29(36)31(38)18-22/h3-10,15-18,27H,11-14,19-20H2,1-2H3,(H,39,43)(H,40,44)/b24-15+,25-16+. The fraction of sp³-hybridized carbons (Fsp3) is 0.265. The molecular formula is C34H33F4N3O5. The van der Waals surface area contributed by atoms with Gasteiger partial charge in [-0.25, -0.2) is 22.4 Å². The third-order valence-electron chi connectivity index (χ3n) is 7.24. The molecule has 3 amide bonds. The molecule has 1 saturated carbocycles. The van der Waals surface area contributed by atoms with Crippen molar-refractivity contribution in [2.75, 3.05) is 45.8 Å². The van der Waals surface area contributed by atoms with Gasteiger partial charge in [0.15, 0.2) is 29.1 Å². The SMILES string of the molecule is COCCN(CCOC)C(=O)Nc1ccc(C(=O)NC2C/C(=C\c3ccc(F)c(F)c3)C(=O)/C(=C/c3ccc(F)c(F)c3)C2)cc1. The molecule has 4 rings (SSSR count). The van der Waals surface area contributed by atoms with Crippen LogP contribution < -0.4 is 10.6 Å². The number of benzene rings is 3. The van der Waals surface area contributed by atoms with Crippen molar-refractivity contribution in [1.29, 1.82) is 0 Å². The smallest absolute Gasteiger partial charge is 0.321 e. The third kappa shape index (κ3) is 9.11. The third-order valence-corrected chi connectivity index (χ3v) is 7.24. The summed E-state index contributed by atoms with van der Waals surface area (Å²) in [6, 6.07) is 11.7. The van der Waals surface area contributed by atoms with Crippen molar-refractivity contribution in [2.45, 2.75) is 18.9 Å². The first-order valence-corrected chi connectivity index (χ1v) is 14.4. The van der Waals surface area contributed by atoms with Gasteiger partial charge in [-0.2, -0.15) is 0 Å². The minimum absolute atomic E-state index is 0.0750. The Morgan fingerprint density at radius 3 is 1.74 bits per heavy atom. The van der Waals surface area contributed by atoms with Gasteiger partial charge in [0.2, 0.25) is 0 Å². The molecule has 0 aliphatic heterocycles. The first kappa shape index (κ1) is 34.1. The van der Waals surface area contributed by atoms with E-state index in [0.29, 0.717) is 32.0 Å². The topological polar surface area (TPSA) is 97.0 Å². The molecule has 0 atom stereocenters. The van der Waals surface area contributed by atoms with Crippen molar-refractivity contribution in [3.8, 4) is 0 Å². The molecule has 2 N–H and O–H groups in total. The molecule has 1 fully saturated rings. The number of nitrogens with zero attached hydrogens (tertiary/aromatic N) is 1. The van der Waals surface area contributed by atoms with Gasteiger partial charge in [-0.05, 0) is 84.7 Å². The number of rotatable bonds is 11. The van der Waals surface area contributed by atoms with E-state index < -0.39 is 41.0 Å². The maximum atomic E-state index is 13.9. The second-order valence-corrected chi connectivity index (χ2v) is 10.6. The number of anilines is 1. The van der Waals surface area contributed by atoms with Crippen LogP contribution in [0.4, 0.5) is 28.0 Å². The van der Waals surface area contributed by atoms with E-state index >= 15 is 0 Å². The van der Waals surface area contributed by atoms with Crippen LogP contribution in [0.2, 0.25) is 0 Å². The highest BCUT2D eigenvalue weighted by Gasteiger charge is 2.29. The Bertz CT molecular complexity index is 1560. The molecule has 0 radical (unpaired) electrons. The second-order valence-electron chi connectivity index (χ2n) is 10.6. The van der Waals surface area contributed by atoms with E-state index in [4.69, 9.17) is 9.47 Å². The van der Waals surface area contributed by atoms with Crippen LogP contribution in [-0.4, -0.2) is 69.2 Å². The van der Waals surface area contributed by atoms with Crippen LogP contribution >= 0.6 is 0 Å². The Kier molecular flexibility index (Phi) is 11.8. The minimum Gasteiger partial charge on any atom is -0.383 e. The van der Waals surface area contributed by atoms with Gasteiger partial charge in [-0.3, -0.25) is 9.59 Å². The minimum atomic E-state index is -1.09. The lowest BCUT2D eigenvalue weighted by molar-refractivity contribution is -0.113. The van der Waals surface area contributed by atoms with E-state index in [1.54, 1.807) is 12.1 Å². The van der Waals surface area contributed by atoms with Crippen molar-refractivity contribution in [3.05, 3.63) is 112 Å². The summed E-state index contributed by atoms with van der Waals surface area (Å²) in [5, 5.41) is 5.67. The van der Waals surface area contributed by atoms with Crippen molar-refractivity contribution in [1.82, 2.24) is 10.2 Å². The lowest BCUT2D eigenvalue weighted by Gasteiger charge is -2.27. The normalized spacial score (nSPS) is 16.5. The maximum Gasteiger partial charge on any atom is 0.321 e. The number of halogens is 4. The van der Waals surface area contributed by atoms with Crippen LogP contribution in [0.5, 0.6) is 0 Å². The van der Waals surface area contributed by atoms with E-state index in [2.05, 4.69) is 10.6 Å². The fourth-order valence-corrected chi connectivity index (χ4v) is 4.85. The maximum absolute atomic E-state index is 13.9. The zero-order chi connectivity index (χ0) is 33.2. The van der Waals surface area contributed by atoms with Gasteiger partial charge in [0, 0.05) is 55.7 Å². The zero-order valence-electron chi connectivity index (χ0n) is 25.2. The summed E-state index contributed by atoms with van der Waals surface area (Å²) in [4.78, 5) is 40.9. The Morgan fingerprint density at radius 2 is 1.28 bits per heavy atom. The predicted octanol–water partition coefficient (Wildman–Crippen LogP) is 6.00. The number of amides is 3. The highest BCUT2D eigenvalue weighted by molar-refractivity contribution is 6.14. The van der Waals surface area contributed by atoms with Gasteiger partial charge in [0.1, 0.15) is 0 Å². The average Bonchev–Trinajstić information content (AvgIpc) is 3.03. The molecule has 1 aliphatic carbocycles. The van der Waals surface area contributed by atoms with Crippen LogP contribution in [0.3, 0.4) is 0 Å². The van der Waals surface area contributed by atoms with Gasteiger partial charge >= 0.3 is 6.03 Å². The first-order valence-electron chi connectivity index (χ1n) is 14.4. The number of ether oxygens (including phenoxy) is 2. The highest BCUT2D eigenvalue weighted by atomic mass is 19.2. The summed E-state index contributed by atoms with van der Waals surface area (Å²) in [5.41, 5.74) is 1.63. The highest BCUT2D eigenvalue weighted by Crippen LogP contribution is 2.29. The van der Waals surface area contributed by atoms with Gasteiger partial charge in [0.05, 0.1) is 13.2 Å². The number of Topliss-reactive ketones (excluding diaryl/α,β-unsaturated/α-hetero) is 1. The average molecular weight is 640 g/mol. The fourth-order valence-electron chi connectivity index (χ4n) is 4.85. The zero-order valence-corrected chi connectivity index (χ0v) is 25.2. The quantitative estimate of drug-likeness (QED) is 0.198. The van der Waals surface area contributed by atoms with Crippen molar-refractivity contribution < 1.29 is 41.4 Å². The number of ketones is 1. The summed E-state index contributed by atoms with van der Waals surface area (Å²) in [7, 11) is 3.07. The molecule has 0 bridgehead atoms. The molecule has 1 aliphatic rings. The number of carbonyl (C=O) groups excluding carboxylic acids is 3. The van der Waals surface area contributed by atoms with Crippen molar-refractivity contribution in [3.63, 3.8) is 0 Å². The summed E-state index contributed by atoms with van der Waals surface area (Å²) in [5.74, 6) is -5.14. The van der Waals surface area contributed by atoms with E-state index in [0.717, 1.165) is 24.3 Å². The number of nitrogens with one attached hydrogen (secondary N) is 2. The number of urea groups is 1. The Morgan fingerprint density at radius 1 is 0.783 bits per heavy atom. The summed E-state index contributed by atoms with van der Waals surface area (Å²) in [6.07, 6.45) is 2.96. The summed E-state index contributed by atoms with van der Waals surface area (Å²) in [6.45, 7) is 1.40. The van der Waals surface area contributed by atoms with Gasteiger partial charge in [0.25, 0.3) is 5.91 Å². The van der Waals surface area contributed by atoms with Crippen LogP contribution in [-0.2, 0) is 14.3 Å². The van der Waals surface area contributed by atoms with Crippen LogP contribution in [0, 0.1) is 23.3 Å². The van der Waals surface area contributed by atoms with Crippen LogP contribution in [0.15, 0.2) is 71.8 Å². The van der Waals surface area contributed by atoms with Crippen molar-refractivity contribution >= 4 is 35.6 Å². The van der Waals surface area contributed by atoms with Crippen LogP contribution in [0.1, 0.15) is 34.3 Å². The molecule has 3 aromatic carbocycles. The van der Waals surface area contributed by atoms with Crippen molar-refractivity contribution in [2.24, 2.45) is 0 Å². The molecule has 46 heavy (non-hydrogen) atoms. The number of methoxy groups -OCH3 is 2. The number of hydrogen-bond acceptors (Lipinski definition) is 5. The molecule has 0 aromatic heterocycles. The molecule has 0 spiro atoms. The molecule has 0 saturated heterocycles. The number of carbonyl (C=O) groups is 3. The lowest BCUT2D eigenvalue weighted by Crippen LogP contribution is -2.39. The van der Waals surface area contributed by atoms with Gasteiger partial charge in [-0.1, -0.05) is 12.1 Å². The summed E-state index contributed by atoms with van der Waals surface area (Å²) >= 11 is 0. The number of hydrogen-bond donors (Lipinski definition) is 2. The summed E-state index contributed by atoms with van der Waals surface area (Å²) < 4.78 is 64.9. The van der Waals surface area contributed by atoms with E-state index in [1.807, 2.05) is 0 Å². The van der Waals surface area contributed by atoms with E-state index in [1.165, 1.54) is 55.5 Å². The first-order chi connectivity index (χ1) is 22.1. The molecule has 0 heterocycles. The molecule has 0 unspecified atom stereocenters. The monoisotopic (exact) mass is 639 g/mol. The molecule has 3 aromatic rings. The Hall–Kier alpha value is -4.81. The van der Waals surface area contributed by atoms with E-state index in [-0.39, 0.29) is 46.7 Å². The largest absolute Gasteiger partial charge is 0.383 e. The predicted molar refractivity (Wildman–Crippen MR) is 165 cm³/mol. The van der Waals surface area contributed by atoms with Crippen LogP contribution in [0.25, 0.3) is 12.2 Å². The van der Waals surface area contributed by atoms with E-state index in [9.17, 15) is 31.9 Å². The molecular weight excluding hydrogens is 606 g/mol. The van der Waals surface area contributed by atoms with Gasteiger partial charge < -0.3 is 25.0 Å². The Labute approximate surface area is 263 Å². The molecule has 242 valence electrons. The second kappa shape index (κ2) is 16.0. The Balaban J connectivity index is 1.52. The lowest BCUT2D eigenvalue weighted by atomic mass is 9.83. The van der Waals surface area contributed by atoms with Gasteiger partial charge in [-0.15, -0.1) is 0 Å².